The van der Waals surface area contributed by atoms with E-state index in [4.69, 9.17) is 23.2 Å². The van der Waals surface area contributed by atoms with Crippen LogP contribution in [-0.4, -0.2) is 30.3 Å². The molecule has 3 atom stereocenters. The van der Waals surface area contributed by atoms with Crippen LogP contribution in [0.25, 0.3) is 0 Å². The molecule has 1 aliphatic heterocycles. The second-order valence-electron chi connectivity index (χ2n) is 11.4. The smallest absolute Gasteiger partial charge is 0.245 e. The number of benzene rings is 3. The molecule has 3 aromatic carbocycles. The van der Waals surface area contributed by atoms with Gasteiger partial charge >= 0.3 is 0 Å². The highest BCUT2D eigenvalue weighted by Gasteiger charge is 2.50. The zero-order chi connectivity index (χ0) is 30.1. The van der Waals surface area contributed by atoms with Crippen LogP contribution in [0.3, 0.4) is 0 Å². The molecule has 9 heteroatoms. The lowest BCUT2D eigenvalue weighted by molar-refractivity contribution is -0.125. The standard InChI is InChI=1S/C32H32BrCl2NO4S/c1-20(37)23(16-21-10-6-5-7-11-21)18-28(38)24-19-30(32(2,3)4)36(31(24)22-14-15-26(34)27(35)17-22)41(39,40)29-13-9-8-12-25(29)33/h5-15,17,19,23,30-31H,16,18H2,1-4H3/t23-,30+,31+/m1/s1. The monoisotopic (exact) mass is 675 g/mol. The minimum Gasteiger partial charge on any atom is -0.300 e. The topological polar surface area (TPSA) is 71.5 Å². The van der Waals surface area contributed by atoms with Crippen molar-refractivity contribution < 1.29 is 18.0 Å². The Morgan fingerprint density at radius 2 is 1.59 bits per heavy atom. The predicted molar refractivity (Wildman–Crippen MR) is 168 cm³/mol. The molecule has 0 saturated heterocycles. The summed E-state index contributed by atoms with van der Waals surface area (Å²) in [5.74, 6) is -0.935. The molecule has 0 spiro atoms. The van der Waals surface area contributed by atoms with E-state index in [1.165, 1.54) is 17.3 Å². The Balaban J connectivity index is 1.85. The number of rotatable bonds is 9. The molecule has 4 rings (SSSR count). The van der Waals surface area contributed by atoms with Gasteiger partial charge in [0.25, 0.3) is 0 Å². The molecule has 0 fully saturated rings. The number of hydrogen-bond donors (Lipinski definition) is 0. The molecule has 3 aromatic rings. The van der Waals surface area contributed by atoms with Gasteiger partial charge in [0.2, 0.25) is 10.0 Å². The first kappa shape index (κ1) is 31.6. The van der Waals surface area contributed by atoms with E-state index in [0.717, 1.165) is 5.56 Å². The SMILES string of the molecule is CC(=O)[C@@H](CC(=O)C1=C[C@@H](C(C)(C)C)N(S(=O)(=O)c2ccccc2Br)[C@H]1c1ccc(Cl)c(Cl)c1)Cc1ccccc1. The normalized spacial score (nSPS) is 18.7. The Kier molecular flexibility index (Phi) is 9.66. The van der Waals surface area contributed by atoms with Gasteiger partial charge in [-0.1, -0.05) is 98.6 Å². The summed E-state index contributed by atoms with van der Waals surface area (Å²) in [6.45, 7) is 7.29. The van der Waals surface area contributed by atoms with Crippen LogP contribution in [0.5, 0.6) is 0 Å². The van der Waals surface area contributed by atoms with Gasteiger partial charge < -0.3 is 0 Å². The Labute approximate surface area is 260 Å². The second kappa shape index (κ2) is 12.5. The third-order valence-corrected chi connectivity index (χ3v) is 11.0. The third-order valence-electron chi connectivity index (χ3n) is 7.35. The summed E-state index contributed by atoms with van der Waals surface area (Å²) in [6, 6.07) is 19.4. The summed E-state index contributed by atoms with van der Waals surface area (Å²) in [5, 5.41) is 0.566. The van der Waals surface area contributed by atoms with Crippen LogP contribution in [0.1, 0.15) is 51.3 Å². The molecule has 1 heterocycles. The Bertz CT molecular complexity index is 1600. The van der Waals surface area contributed by atoms with Gasteiger partial charge in [0, 0.05) is 28.4 Å². The van der Waals surface area contributed by atoms with Crippen molar-refractivity contribution in [2.45, 2.75) is 57.5 Å². The van der Waals surface area contributed by atoms with Crippen molar-refractivity contribution in [1.29, 1.82) is 0 Å². The number of sulfonamides is 1. The van der Waals surface area contributed by atoms with Crippen molar-refractivity contribution in [3.05, 3.63) is 110 Å². The number of nitrogens with zero attached hydrogens (tertiary/aromatic N) is 1. The van der Waals surface area contributed by atoms with E-state index in [-0.39, 0.29) is 27.9 Å². The van der Waals surface area contributed by atoms with Gasteiger partial charge in [0.1, 0.15) is 5.78 Å². The number of ketones is 2. The van der Waals surface area contributed by atoms with Crippen molar-refractivity contribution in [3.63, 3.8) is 0 Å². The molecule has 0 radical (unpaired) electrons. The van der Waals surface area contributed by atoms with Gasteiger partial charge in [-0.15, -0.1) is 0 Å². The summed E-state index contributed by atoms with van der Waals surface area (Å²) < 4.78 is 30.7. The molecule has 0 bridgehead atoms. The first-order valence-electron chi connectivity index (χ1n) is 13.2. The highest BCUT2D eigenvalue weighted by molar-refractivity contribution is 9.10. The number of carbonyl (C=O) groups excluding carboxylic acids is 2. The third kappa shape index (κ3) is 6.86. The fourth-order valence-electron chi connectivity index (χ4n) is 5.17. The number of halogens is 3. The van der Waals surface area contributed by atoms with Gasteiger partial charge in [-0.3, -0.25) is 9.59 Å². The lowest BCUT2D eigenvalue weighted by atomic mass is 9.85. The van der Waals surface area contributed by atoms with Gasteiger partial charge in [-0.05, 0) is 70.1 Å². The molecule has 0 aliphatic carbocycles. The maximum Gasteiger partial charge on any atom is 0.245 e. The molecule has 0 N–H and O–H groups in total. The van der Waals surface area contributed by atoms with Crippen LogP contribution in [0.15, 0.2) is 93.8 Å². The minimum absolute atomic E-state index is 0.0480. The van der Waals surface area contributed by atoms with Gasteiger partial charge in [0.15, 0.2) is 5.78 Å². The summed E-state index contributed by atoms with van der Waals surface area (Å²) in [7, 11) is -4.14. The van der Waals surface area contributed by atoms with Gasteiger partial charge in [0.05, 0.1) is 21.0 Å². The van der Waals surface area contributed by atoms with E-state index < -0.39 is 33.4 Å². The second-order valence-corrected chi connectivity index (χ2v) is 14.9. The van der Waals surface area contributed by atoms with E-state index in [9.17, 15) is 18.0 Å². The van der Waals surface area contributed by atoms with Gasteiger partial charge in [-0.25, -0.2) is 8.42 Å². The maximum atomic E-state index is 14.4. The molecule has 1 aliphatic rings. The highest BCUT2D eigenvalue weighted by atomic mass is 79.9. The molecule has 0 aromatic heterocycles. The first-order valence-corrected chi connectivity index (χ1v) is 16.2. The molecule has 216 valence electrons. The molecule has 0 unspecified atom stereocenters. The maximum absolute atomic E-state index is 14.4. The van der Waals surface area contributed by atoms with Crippen LogP contribution in [0, 0.1) is 11.3 Å². The van der Waals surface area contributed by atoms with Crippen molar-refractivity contribution in [2.75, 3.05) is 0 Å². The van der Waals surface area contributed by atoms with Crippen LogP contribution < -0.4 is 0 Å². The average Bonchev–Trinajstić information content (AvgIpc) is 3.33. The van der Waals surface area contributed by atoms with E-state index in [0.29, 0.717) is 27.1 Å². The zero-order valence-corrected chi connectivity index (χ0v) is 27.2. The summed E-state index contributed by atoms with van der Waals surface area (Å²) in [5.41, 5.74) is 1.21. The van der Waals surface area contributed by atoms with Gasteiger partial charge in [-0.2, -0.15) is 4.31 Å². The fourth-order valence-corrected chi connectivity index (χ4v) is 8.36. The summed E-state index contributed by atoms with van der Waals surface area (Å²) in [6.07, 6.45) is 2.12. The average molecular weight is 677 g/mol. The molecule has 0 amide bonds. The molecular formula is C32H32BrCl2NO4S. The van der Waals surface area contributed by atoms with Crippen molar-refractivity contribution in [2.24, 2.45) is 11.3 Å². The molecular weight excluding hydrogens is 645 g/mol. The quantitative estimate of drug-likeness (QED) is 0.229. The summed E-state index contributed by atoms with van der Waals surface area (Å²) in [4.78, 5) is 26.9. The summed E-state index contributed by atoms with van der Waals surface area (Å²) >= 11 is 16.0. The van der Waals surface area contributed by atoms with E-state index >= 15 is 0 Å². The Morgan fingerprint density at radius 1 is 0.951 bits per heavy atom. The van der Waals surface area contributed by atoms with Crippen molar-refractivity contribution in [1.82, 2.24) is 4.31 Å². The minimum atomic E-state index is -4.14. The lowest BCUT2D eigenvalue weighted by Gasteiger charge is -2.37. The number of carbonyl (C=O) groups is 2. The largest absolute Gasteiger partial charge is 0.300 e. The first-order chi connectivity index (χ1) is 19.2. The van der Waals surface area contributed by atoms with Crippen LogP contribution >= 0.6 is 39.1 Å². The lowest BCUT2D eigenvalue weighted by Crippen LogP contribution is -2.45. The van der Waals surface area contributed by atoms with Crippen LogP contribution in [0.2, 0.25) is 10.0 Å². The number of hydrogen-bond acceptors (Lipinski definition) is 4. The van der Waals surface area contributed by atoms with E-state index in [1.807, 2.05) is 51.1 Å². The molecule has 0 saturated carbocycles. The van der Waals surface area contributed by atoms with E-state index in [2.05, 4.69) is 15.9 Å². The number of Topliss-reactive ketones (excluding diaryl/α,β-unsaturated/α-hetero) is 2. The highest BCUT2D eigenvalue weighted by Crippen LogP contribution is 2.48. The van der Waals surface area contributed by atoms with Crippen LogP contribution in [-0.2, 0) is 26.0 Å². The predicted octanol–water partition coefficient (Wildman–Crippen LogP) is 8.25. The zero-order valence-electron chi connectivity index (χ0n) is 23.3. The fraction of sp³-hybridized carbons (Fsp3) is 0.312. The van der Waals surface area contributed by atoms with E-state index in [1.54, 1.807) is 42.5 Å². The Morgan fingerprint density at radius 3 is 2.17 bits per heavy atom. The molecule has 5 nitrogen and oxygen atoms in total. The van der Waals surface area contributed by atoms with Crippen molar-refractivity contribution in [3.8, 4) is 0 Å². The Hall–Kier alpha value is -2.29. The molecule has 41 heavy (non-hydrogen) atoms. The van der Waals surface area contributed by atoms with Crippen molar-refractivity contribution >= 4 is 60.7 Å². The van der Waals surface area contributed by atoms with Crippen LogP contribution in [0.4, 0.5) is 0 Å².